The van der Waals surface area contributed by atoms with Crippen LogP contribution in [0.2, 0.25) is 0 Å². The number of carbonyl (C=O) groups is 1. The fourth-order valence-corrected chi connectivity index (χ4v) is 3.42. The Balaban J connectivity index is 1.59. The Morgan fingerprint density at radius 3 is 2.52 bits per heavy atom. The molecule has 0 radical (unpaired) electrons. The zero-order valence-corrected chi connectivity index (χ0v) is 14.9. The zero-order valence-electron chi connectivity index (χ0n) is 14.9. The lowest BCUT2D eigenvalue weighted by Gasteiger charge is -2.18. The lowest BCUT2D eigenvalue weighted by molar-refractivity contribution is -0.132. The van der Waals surface area contributed by atoms with Gasteiger partial charge < -0.3 is 19.6 Å². The maximum atomic E-state index is 12.5. The monoisotopic (exact) mass is 346 g/mol. The Morgan fingerprint density at radius 1 is 1.12 bits per heavy atom. The van der Waals surface area contributed by atoms with E-state index in [9.17, 15) is 4.79 Å². The van der Waals surface area contributed by atoms with Gasteiger partial charge in [0.25, 0.3) is 5.91 Å². The van der Waals surface area contributed by atoms with Gasteiger partial charge in [-0.1, -0.05) is 30.8 Å². The van der Waals surface area contributed by atoms with Gasteiger partial charge in [-0.25, -0.2) is 0 Å². The van der Waals surface area contributed by atoms with Crippen molar-refractivity contribution in [3.63, 3.8) is 0 Å². The molecule has 0 bridgehead atoms. The predicted octanol–water partition coefficient (Wildman–Crippen LogP) is 3.04. The molecule has 1 atom stereocenters. The Labute approximate surface area is 148 Å². The third-order valence-electron chi connectivity index (χ3n) is 4.88. The van der Waals surface area contributed by atoms with Crippen LogP contribution in [0.1, 0.15) is 50.5 Å². The molecule has 1 fully saturated rings. The van der Waals surface area contributed by atoms with Crippen LogP contribution in [-0.4, -0.2) is 38.0 Å². The maximum Gasteiger partial charge on any atom is 0.264 e. The zero-order chi connectivity index (χ0) is 17.6. The molecule has 1 heterocycles. The molecule has 1 aromatic rings. The van der Waals surface area contributed by atoms with Gasteiger partial charge in [0.15, 0.2) is 11.5 Å². The Bertz CT molecular complexity index is 636. The molecule has 0 spiro atoms. The highest BCUT2D eigenvalue weighted by Crippen LogP contribution is 2.29. The normalized spacial score (nSPS) is 21.0. The van der Waals surface area contributed by atoms with Gasteiger partial charge in [-0.3, -0.25) is 4.79 Å². The molecular weight excluding hydrogens is 320 g/mol. The quantitative estimate of drug-likeness (QED) is 0.832. The maximum absolute atomic E-state index is 12.5. The van der Waals surface area contributed by atoms with Crippen molar-refractivity contribution in [1.82, 2.24) is 5.32 Å². The summed E-state index contributed by atoms with van der Waals surface area (Å²) in [5, 5.41) is 7.24. The van der Waals surface area contributed by atoms with Crippen LogP contribution >= 0.6 is 0 Å². The molecule has 0 aromatic heterocycles. The van der Waals surface area contributed by atoms with Gasteiger partial charge in [0.05, 0.1) is 19.9 Å². The second kappa shape index (κ2) is 8.23. The smallest absolute Gasteiger partial charge is 0.264 e. The Hall–Kier alpha value is -2.24. The number of hydrogen-bond donors (Lipinski definition) is 1. The summed E-state index contributed by atoms with van der Waals surface area (Å²) in [6.45, 7) is 0. The van der Waals surface area contributed by atoms with E-state index in [1.807, 2.05) is 18.2 Å². The van der Waals surface area contributed by atoms with Crippen molar-refractivity contribution < 1.29 is 19.1 Å². The van der Waals surface area contributed by atoms with Gasteiger partial charge in [-0.15, -0.1) is 0 Å². The van der Waals surface area contributed by atoms with Crippen molar-refractivity contribution >= 4 is 11.6 Å². The van der Waals surface area contributed by atoms with E-state index < -0.39 is 6.10 Å². The summed E-state index contributed by atoms with van der Waals surface area (Å²) in [6.07, 6.45) is 6.93. The van der Waals surface area contributed by atoms with E-state index in [1.54, 1.807) is 14.2 Å². The summed E-state index contributed by atoms with van der Waals surface area (Å²) < 4.78 is 10.6. The van der Waals surface area contributed by atoms with Crippen LogP contribution in [0.3, 0.4) is 0 Å². The predicted molar refractivity (Wildman–Crippen MR) is 95.2 cm³/mol. The van der Waals surface area contributed by atoms with Gasteiger partial charge in [-0.2, -0.15) is 0 Å². The molecule has 25 heavy (non-hydrogen) atoms. The summed E-state index contributed by atoms with van der Waals surface area (Å²) >= 11 is 0. The largest absolute Gasteiger partial charge is 0.493 e. The van der Waals surface area contributed by atoms with Gasteiger partial charge >= 0.3 is 0 Å². The number of ether oxygens (including phenoxy) is 2. The van der Waals surface area contributed by atoms with Crippen LogP contribution in [0.25, 0.3) is 0 Å². The standard InChI is InChI=1S/C19H26N2O4/c1-23-16-10-9-13(11-17(16)24-2)15-12-18(25-21-15)19(22)20-14-7-5-3-4-6-8-14/h9-11,14,18H,3-8,12H2,1-2H3,(H,20,22). The molecule has 2 aliphatic rings. The molecule has 1 amide bonds. The molecule has 1 aliphatic heterocycles. The second-order valence-corrected chi connectivity index (χ2v) is 6.60. The van der Waals surface area contributed by atoms with Crippen molar-refractivity contribution in [1.29, 1.82) is 0 Å². The van der Waals surface area contributed by atoms with E-state index >= 15 is 0 Å². The third kappa shape index (κ3) is 4.24. The first-order valence-electron chi connectivity index (χ1n) is 8.96. The lowest BCUT2D eigenvalue weighted by Crippen LogP contribution is -2.41. The van der Waals surface area contributed by atoms with E-state index in [0.717, 1.165) is 24.1 Å². The lowest BCUT2D eigenvalue weighted by atomic mass is 10.0. The number of carbonyl (C=O) groups excluding carboxylic acids is 1. The van der Waals surface area contributed by atoms with Gasteiger partial charge in [-0.05, 0) is 31.0 Å². The van der Waals surface area contributed by atoms with Gasteiger partial charge in [0.2, 0.25) is 6.10 Å². The minimum Gasteiger partial charge on any atom is -0.493 e. The fourth-order valence-electron chi connectivity index (χ4n) is 3.42. The van der Waals surface area contributed by atoms with Crippen molar-refractivity contribution in [2.24, 2.45) is 5.16 Å². The number of benzene rings is 1. The van der Waals surface area contributed by atoms with E-state index in [4.69, 9.17) is 14.3 Å². The van der Waals surface area contributed by atoms with Crippen LogP contribution in [0.4, 0.5) is 0 Å². The Morgan fingerprint density at radius 2 is 1.84 bits per heavy atom. The highest BCUT2D eigenvalue weighted by molar-refractivity contribution is 6.04. The first-order valence-corrected chi connectivity index (χ1v) is 8.96. The molecule has 1 aliphatic carbocycles. The molecule has 1 unspecified atom stereocenters. The summed E-state index contributed by atoms with van der Waals surface area (Å²) in [6, 6.07) is 5.85. The number of hydrogen-bond acceptors (Lipinski definition) is 5. The average molecular weight is 346 g/mol. The first-order chi connectivity index (χ1) is 12.2. The van der Waals surface area contributed by atoms with Crippen molar-refractivity contribution in [3.8, 4) is 11.5 Å². The summed E-state index contributed by atoms with van der Waals surface area (Å²) in [7, 11) is 3.19. The van der Waals surface area contributed by atoms with E-state index in [0.29, 0.717) is 17.9 Å². The highest BCUT2D eigenvalue weighted by Gasteiger charge is 2.30. The molecule has 6 heteroatoms. The van der Waals surface area contributed by atoms with E-state index in [2.05, 4.69) is 10.5 Å². The first kappa shape index (κ1) is 17.6. The summed E-state index contributed by atoms with van der Waals surface area (Å²) in [4.78, 5) is 17.9. The van der Waals surface area contributed by atoms with Gasteiger partial charge in [0.1, 0.15) is 0 Å². The van der Waals surface area contributed by atoms with E-state index in [1.165, 1.54) is 25.7 Å². The number of oxime groups is 1. The Kier molecular flexibility index (Phi) is 5.79. The van der Waals surface area contributed by atoms with Crippen molar-refractivity contribution in [3.05, 3.63) is 23.8 Å². The molecule has 136 valence electrons. The number of nitrogens with one attached hydrogen (secondary N) is 1. The molecule has 1 N–H and O–H groups in total. The number of rotatable bonds is 5. The number of methoxy groups -OCH3 is 2. The van der Waals surface area contributed by atoms with Crippen LogP contribution in [-0.2, 0) is 9.63 Å². The van der Waals surface area contributed by atoms with Crippen molar-refractivity contribution in [2.45, 2.75) is 57.1 Å². The van der Waals surface area contributed by atoms with Crippen LogP contribution in [0.5, 0.6) is 11.5 Å². The number of nitrogens with zero attached hydrogens (tertiary/aromatic N) is 1. The van der Waals surface area contributed by atoms with Crippen LogP contribution < -0.4 is 14.8 Å². The summed E-state index contributed by atoms with van der Waals surface area (Å²) in [5.74, 6) is 1.23. The minimum atomic E-state index is -0.550. The summed E-state index contributed by atoms with van der Waals surface area (Å²) in [5.41, 5.74) is 1.63. The molecule has 0 saturated heterocycles. The molecular formula is C19H26N2O4. The fraction of sp³-hybridized carbons (Fsp3) is 0.579. The second-order valence-electron chi connectivity index (χ2n) is 6.60. The molecule has 6 nitrogen and oxygen atoms in total. The van der Waals surface area contributed by atoms with Crippen LogP contribution in [0, 0.1) is 0 Å². The SMILES string of the molecule is COc1ccc(C2=NOC(C(=O)NC3CCCCCC3)C2)cc1OC. The van der Waals surface area contributed by atoms with Crippen LogP contribution in [0.15, 0.2) is 23.4 Å². The average Bonchev–Trinajstić information content (AvgIpc) is 3.00. The number of amides is 1. The molecule has 3 rings (SSSR count). The van der Waals surface area contributed by atoms with Crippen molar-refractivity contribution in [2.75, 3.05) is 14.2 Å². The minimum absolute atomic E-state index is 0.0638. The van der Waals surface area contributed by atoms with E-state index in [-0.39, 0.29) is 11.9 Å². The topological polar surface area (TPSA) is 69.2 Å². The van der Waals surface area contributed by atoms with Gasteiger partial charge in [0, 0.05) is 18.0 Å². The molecule has 1 saturated carbocycles. The third-order valence-corrected chi connectivity index (χ3v) is 4.88. The highest BCUT2D eigenvalue weighted by atomic mass is 16.6. The molecule has 1 aromatic carbocycles.